The van der Waals surface area contributed by atoms with E-state index in [0.717, 1.165) is 17.5 Å². The number of carbonyl (C=O) groups excluding carboxylic acids is 4. The summed E-state index contributed by atoms with van der Waals surface area (Å²) in [4.78, 5) is 65.8. The third-order valence-corrected chi connectivity index (χ3v) is 12.8. The van der Waals surface area contributed by atoms with Crippen LogP contribution in [0.25, 0.3) is 17.5 Å². The summed E-state index contributed by atoms with van der Waals surface area (Å²) in [5, 5.41) is 17.7. The summed E-state index contributed by atoms with van der Waals surface area (Å²) < 4.78 is 31.5. The molecule has 3 fully saturated rings. The van der Waals surface area contributed by atoms with Gasteiger partial charge in [0.25, 0.3) is 0 Å². The van der Waals surface area contributed by atoms with E-state index < -0.39 is 83.7 Å². The molecule has 3 N–H and O–H groups in total. The van der Waals surface area contributed by atoms with Crippen molar-refractivity contribution in [3.8, 4) is 11.4 Å². The molecule has 0 spiro atoms. The molecule has 330 valence electrons. The fourth-order valence-corrected chi connectivity index (χ4v) is 9.34. The maximum absolute atomic E-state index is 14.5. The highest BCUT2D eigenvalue weighted by atomic mass is 16.7. The van der Waals surface area contributed by atoms with Crippen LogP contribution in [0.5, 0.6) is 0 Å². The smallest absolute Gasteiger partial charge is 0.408 e. The van der Waals surface area contributed by atoms with Crippen LogP contribution in [0.15, 0.2) is 48.8 Å². The predicted molar refractivity (Wildman–Crippen MR) is 224 cm³/mol. The summed E-state index contributed by atoms with van der Waals surface area (Å²) in [6.45, 7) is 16.0. The Hall–Kier alpha value is -4.44. The van der Waals surface area contributed by atoms with Crippen molar-refractivity contribution in [2.24, 2.45) is 29.6 Å². The lowest BCUT2D eigenvalue weighted by Gasteiger charge is -2.48. The zero-order valence-electron chi connectivity index (χ0n) is 36.9. The molecule has 15 heteroatoms. The fraction of sp³-hybridized carbons (Fsp3) is 0.644. The first-order valence-electron chi connectivity index (χ1n) is 21.2. The molecule has 15 nitrogen and oxygen atoms in total. The summed E-state index contributed by atoms with van der Waals surface area (Å²) in [7, 11) is 4.00. The Morgan fingerprint density at radius 2 is 1.68 bits per heavy atom. The molecule has 0 aliphatic carbocycles. The predicted octanol–water partition coefficient (Wildman–Crippen LogP) is 5.80. The molecule has 3 aliphatic heterocycles. The van der Waals surface area contributed by atoms with Gasteiger partial charge in [0.15, 0.2) is 17.7 Å². The topological polar surface area (TPSA) is 188 Å². The number of alkyl carbamates (subject to hydrolysis) is 2. The maximum atomic E-state index is 14.5. The van der Waals surface area contributed by atoms with Gasteiger partial charge < -0.3 is 44.3 Å². The van der Waals surface area contributed by atoms with Gasteiger partial charge in [-0.25, -0.2) is 19.6 Å². The second-order valence-corrected chi connectivity index (χ2v) is 17.6. The fourth-order valence-electron chi connectivity index (χ4n) is 9.34. The van der Waals surface area contributed by atoms with Crippen molar-refractivity contribution in [3.63, 3.8) is 0 Å². The number of aliphatic hydroxyl groups excluding tert-OH is 1. The monoisotopic (exact) mass is 835 g/mol. The summed E-state index contributed by atoms with van der Waals surface area (Å²) in [6.07, 6.45) is 2.18. The molecule has 14 atom stereocenters. The number of fused-ring (bicyclic) bond motifs is 1. The first-order valence-corrected chi connectivity index (χ1v) is 21.2. The Morgan fingerprint density at radius 1 is 1.02 bits per heavy atom. The maximum Gasteiger partial charge on any atom is 0.408 e. The minimum Gasteiger partial charge on any atom is -0.458 e. The van der Waals surface area contributed by atoms with Gasteiger partial charge in [-0.05, 0) is 72.7 Å². The van der Waals surface area contributed by atoms with E-state index in [1.165, 1.54) is 0 Å². The molecule has 2 amide bonds. The van der Waals surface area contributed by atoms with Crippen LogP contribution in [0, 0.1) is 29.6 Å². The molecule has 3 aliphatic rings. The Bertz CT molecular complexity index is 1830. The molecule has 60 heavy (non-hydrogen) atoms. The molecule has 0 unspecified atom stereocenters. The van der Waals surface area contributed by atoms with Gasteiger partial charge in [-0.15, -0.1) is 0 Å². The van der Waals surface area contributed by atoms with Crippen molar-refractivity contribution >= 4 is 30.0 Å². The van der Waals surface area contributed by atoms with Crippen LogP contribution < -0.4 is 10.6 Å². The Balaban J connectivity index is 1.48. The number of carbonyl (C=O) groups is 4. The van der Waals surface area contributed by atoms with Crippen molar-refractivity contribution in [3.05, 3.63) is 54.4 Å². The van der Waals surface area contributed by atoms with Crippen molar-refractivity contribution < 1.29 is 48.0 Å². The van der Waals surface area contributed by atoms with Crippen molar-refractivity contribution in [1.29, 1.82) is 0 Å². The molecule has 5 rings (SSSR count). The number of hydrogen-bond donors (Lipinski definition) is 3. The second-order valence-electron chi connectivity index (χ2n) is 17.6. The number of amides is 2. The minimum absolute atomic E-state index is 0.0271. The molecule has 0 bridgehead atoms. The number of hydrogen-bond acceptors (Lipinski definition) is 13. The Kier molecular flexibility index (Phi) is 15.2. The number of rotatable bonds is 9. The van der Waals surface area contributed by atoms with Gasteiger partial charge in [-0.1, -0.05) is 71.0 Å². The SMILES string of the molecule is CC[C@H]1OC(=O)[C@H](C)[C@@H](O)[C@H](C)[C@@H](O[C@@H]2O[C@H](C)C[C@H](N(C)C)[C@H]2C)[C@](C)(OC(=O)NC/C=C/c2ccc(-c3ncccn3)cc2)C[C@@H](C)C(=O)[C@H](C)[C@H]2NC(=O)O[C@@]21C. The molecule has 4 heterocycles. The standard InChI is InChI=1S/C45H65N5O10/c1-12-34-45(9)37(49-43(55)60-45)28(5)35(51)25(2)24-44(8,59-42(54)48-20-13-15-31-16-18-32(19-17-31)39-46-21-14-22-47-39)38(29(6)36(52)30(7)40(53)57-34)58-41-27(4)33(50(10)11)23-26(3)56-41/h13-19,21-22,25-30,33-34,36-38,41,52H,12,20,23-24H2,1-11H3,(H,48,54)(H,49,55)/b15-13+/t25-,26-,27-,28+,29+,30-,33+,34-,36+,37-,38-,41+,44-,45-/m1/s1. The quantitative estimate of drug-likeness (QED) is 0.204. The van der Waals surface area contributed by atoms with Crippen LogP contribution in [0.4, 0.5) is 9.59 Å². The summed E-state index contributed by atoms with van der Waals surface area (Å²) in [5.74, 6) is -3.98. The van der Waals surface area contributed by atoms with Crippen LogP contribution in [0.2, 0.25) is 0 Å². The van der Waals surface area contributed by atoms with Crippen molar-refractivity contribution in [1.82, 2.24) is 25.5 Å². The number of Topliss-reactive ketones (excluding diaryl/α,β-unsaturated/α-hetero) is 1. The molecular weight excluding hydrogens is 771 g/mol. The number of esters is 1. The summed E-state index contributed by atoms with van der Waals surface area (Å²) >= 11 is 0. The van der Waals surface area contributed by atoms with Crippen LogP contribution in [0.1, 0.15) is 87.1 Å². The molecule has 1 aromatic carbocycles. The largest absolute Gasteiger partial charge is 0.458 e. The highest BCUT2D eigenvalue weighted by Crippen LogP contribution is 2.42. The highest BCUT2D eigenvalue weighted by molar-refractivity contribution is 5.85. The first-order chi connectivity index (χ1) is 28.3. The lowest BCUT2D eigenvalue weighted by molar-refractivity contribution is -0.284. The lowest BCUT2D eigenvalue weighted by Crippen LogP contribution is -2.60. The summed E-state index contributed by atoms with van der Waals surface area (Å²) in [5.41, 5.74) is -1.20. The third kappa shape index (κ3) is 10.4. The highest BCUT2D eigenvalue weighted by Gasteiger charge is 2.57. The van der Waals surface area contributed by atoms with Gasteiger partial charge in [0.05, 0.1) is 24.2 Å². The normalized spacial score (nSPS) is 36.8. The molecule has 0 saturated carbocycles. The molecule has 0 radical (unpaired) electrons. The zero-order chi connectivity index (χ0) is 44.1. The van der Waals surface area contributed by atoms with E-state index >= 15 is 0 Å². The average molecular weight is 836 g/mol. The van der Waals surface area contributed by atoms with Crippen LogP contribution in [-0.2, 0) is 33.3 Å². The third-order valence-electron chi connectivity index (χ3n) is 12.8. The number of cyclic esters (lactones) is 1. The van der Waals surface area contributed by atoms with Gasteiger partial charge in [-0.3, -0.25) is 9.59 Å². The molecule has 1 aromatic heterocycles. The number of nitrogens with one attached hydrogen (secondary N) is 2. The van der Waals surface area contributed by atoms with Crippen LogP contribution in [0.3, 0.4) is 0 Å². The van der Waals surface area contributed by atoms with E-state index in [9.17, 15) is 24.3 Å². The van der Waals surface area contributed by atoms with Gasteiger partial charge in [-0.2, -0.15) is 0 Å². The average Bonchev–Trinajstić information content (AvgIpc) is 3.53. The van der Waals surface area contributed by atoms with Gasteiger partial charge >= 0.3 is 18.2 Å². The number of benzene rings is 1. The number of ketones is 1. The number of ether oxygens (including phenoxy) is 5. The van der Waals surface area contributed by atoms with Crippen LogP contribution in [-0.4, -0.2) is 119 Å². The van der Waals surface area contributed by atoms with E-state index in [1.807, 2.05) is 58.3 Å². The van der Waals surface area contributed by atoms with E-state index in [4.69, 9.17) is 23.7 Å². The van der Waals surface area contributed by atoms with E-state index in [2.05, 4.69) is 25.5 Å². The Labute approximate surface area is 354 Å². The first kappa shape index (κ1) is 46.6. The van der Waals surface area contributed by atoms with Gasteiger partial charge in [0.1, 0.15) is 23.6 Å². The van der Waals surface area contributed by atoms with E-state index in [1.54, 1.807) is 73.0 Å². The number of aromatic nitrogens is 2. The van der Waals surface area contributed by atoms with E-state index in [-0.39, 0.29) is 43.2 Å². The Morgan fingerprint density at radius 3 is 2.32 bits per heavy atom. The van der Waals surface area contributed by atoms with Gasteiger partial charge in [0.2, 0.25) is 0 Å². The van der Waals surface area contributed by atoms with Gasteiger partial charge in [0, 0.05) is 54.2 Å². The minimum atomic E-state index is -1.58. The molecule has 2 aromatic rings. The van der Waals surface area contributed by atoms with E-state index in [0.29, 0.717) is 5.82 Å². The lowest BCUT2D eigenvalue weighted by atomic mass is 9.73. The number of aliphatic hydroxyl groups is 1. The summed E-state index contributed by atoms with van der Waals surface area (Å²) in [6, 6.07) is 8.67. The number of nitrogens with zero attached hydrogens (tertiary/aromatic N) is 3. The second kappa shape index (κ2) is 19.5. The van der Waals surface area contributed by atoms with Crippen LogP contribution >= 0.6 is 0 Å². The zero-order valence-corrected chi connectivity index (χ0v) is 36.9. The van der Waals surface area contributed by atoms with Crippen molar-refractivity contribution in [2.45, 2.75) is 136 Å². The molecular formula is C45H65N5O10. The molecule has 3 saturated heterocycles. The van der Waals surface area contributed by atoms with Crippen molar-refractivity contribution in [2.75, 3.05) is 20.6 Å².